The van der Waals surface area contributed by atoms with Gasteiger partial charge in [0.25, 0.3) is 0 Å². The van der Waals surface area contributed by atoms with Gasteiger partial charge in [0.2, 0.25) is 0 Å². The SMILES string of the molecule is C=C/C(=N/C(N)=S)NC(=C)C. The lowest BCUT2D eigenvalue weighted by atomic mass is 10.5. The Bertz CT molecular complexity index is 218. The van der Waals surface area contributed by atoms with E-state index in [1.807, 2.05) is 0 Å². The molecule has 0 atom stereocenters. The number of allylic oxidation sites excluding steroid dienone is 1. The third kappa shape index (κ3) is 5.29. The first-order valence-corrected chi connectivity index (χ1v) is 3.40. The van der Waals surface area contributed by atoms with Gasteiger partial charge in [-0.25, -0.2) is 4.99 Å². The Morgan fingerprint density at radius 1 is 1.73 bits per heavy atom. The molecule has 11 heavy (non-hydrogen) atoms. The fourth-order valence-corrected chi connectivity index (χ4v) is 0.560. The maximum absolute atomic E-state index is 5.17. The molecular weight excluding hydrogens is 158 g/mol. The van der Waals surface area contributed by atoms with Gasteiger partial charge in [-0.3, -0.25) is 0 Å². The second-order valence-electron chi connectivity index (χ2n) is 1.94. The topological polar surface area (TPSA) is 50.4 Å². The van der Waals surface area contributed by atoms with Gasteiger partial charge in [0.05, 0.1) is 0 Å². The summed E-state index contributed by atoms with van der Waals surface area (Å²) in [6.45, 7) is 8.95. The van der Waals surface area contributed by atoms with E-state index in [9.17, 15) is 0 Å². The molecule has 60 valence electrons. The van der Waals surface area contributed by atoms with Gasteiger partial charge < -0.3 is 11.1 Å². The molecule has 0 radical (unpaired) electrons. The lowest BCUT2D eigenvalue weighted by Gasteiger charge is -2.02. The van der Waals surface area contributed by atoms with Gasteiger partial charge in [0.1, 0.15) is 5.84 Å². The highest BCUT2D eigenvalue weighted by atomic mass is 32.1. The van der Waals surface area contributed by atoms with E-state index in [0.717, 1.165) is 5.70 Å². The van der Waals surface area contributed by atoms with Crippen LogP contribution in [0.2, 0.25) is 0 Å². The van der Waals surface area contributed by atoms with Crippen LogP contribution < -0.4 is 11.1 Å². The molecule has 0 aliphatic rings. The van der Waals surface area contributed by atoms with E-state index in [-0.39, 0.29) is 5.11 Å². The number of hydrogen-bond acceptors (Lipinski definition) is 1. The Morgan fingerprint density at radius 2 is 2.27 bits per heavy atom. The zero-order chi connectivity index (χ0) is 8.85. The van der Waals surface area contributed by atoms with Crippen LogP contribution in [-0.2, 0) is 0 Å². The molecule has 0 aromatic carbocycles. The van der Waals surface area contributed by atoms with Crippen molar-refractivity contribution in [3.8, 4) is 0 Å². The second kappa shape index (κ2) is 4.62. The summed E-state index contributed by atoms with van der Waals surface area (Å²) in [6, 6.07) is 0. The number of thiocarbonyl (C=S) groups is 1. The highest BCUT2D eigenvalue weighted by molar-refractivity contribution is 7.80. The quantitative estimate of drug-likeness (QED) is 0.367. The lowest BCUT2D eigenvalue weighted by Crippen LogP contribution is -2.21. The number of nitrogens with two attached hydrogens (primary N) is 1. The fraction of sp³-hybridized carbons (Fsp3) is 0.143. The lowest BCUT2D eigenvalue weighted by molar-refractivity contribution is 1.13. The summed E-state index contributed by atoms with van der Waals surface area (Å²) in [5.41, 5.74) is 5.93. The minimum absolute atomic E-state index is 0.0775. The maximum atomic E-state index is 5.17. The van der Waals surface area contributed by atoms with Crippen molar-refractivity contribution in [1.82, 2.24) is 5.32 Å². The highest BCUT2D eigenvalue weighted by Gasteiger charge is 1.91. The van der Waals surface area contributed by atoms with Crippen LogP contribution in [0.5, 0.6) is 0 Å². The van der Waals surface area contributed by atoms with Crippen LogP contribution in [0.15, 0.2) is 29.9 Å². The van der Waals surface area contributed by atoms with Gasteiger partial charge in [0.15, 0.2) is 5.11 Å². The summed E-state index contributed by atoms with van der Waals surface area (Å²) in [5, 5.41) is 2.91. The molecule has 0 heterocycles. The predicted octanol–water partition coefficient (Wildman–Crippen LogP) is 0.938. The molecular formula is C7H11N3S. The largest absolute Gasteiger partial charge is 0.374 e. The van der Waals surface area contributed by atoms with E-state index in [0.29, 0.717) is 5.84 Å². The molecule has 0 aromatic rings. The molecule has 0 unspecified atom stereocenters. The van der Waals surface area contributed by atoms with E-state index in [1.54, 1.807) is 6.92 Å². The van der Waals surface area contributed by atoms with Crippen molar-refractivity contribution in [2.75, 3.05) is 0 Å². The van der Waals surface area contributed by atoms with E-state index in [2.05, 4.69) is 35.7 Å². The van der Waals surface area contributed by atoms with Crippen molar-refractivity contribution < 1.29 is 0 Å². The minimum atomic E-state index is 0.0775. The Hall–Kier alpha value is -1.16. The van der Waals surface area contributed by atoms with Crippen LogP contribution in [-0.4, -0.2) is 10.9 Å². The normalized spacial score (nSPS) is 10.5. The number of amidine groups is 1. The fourth-order valence-electron chi connectivity index (χ4n) is 0.462. The number of nitrogens with zero attached hydrogens (tertiary/aromatic N) is 1. The molecule has 0 aliphatic carbocycles. The molecule has 0 aliphatic heterocycles. The Balaban J connectivity index is 4.28. The van der Waals surface area contributed by atoms with E-state index < -0.39 is 0 Å². The van der Waals surface area contributed by atoms with Crippen molar-refractivity contribution in [2.45, 2.75) is 6.92 Å². The molecule has 3 N–H and O–H groups in total. The first-order chi connectivity index (χ1) is 5.06. The molecule has 0 aromatic heterocycles. The van der Waals surface area contributed by atoms with Crippen LogP contribution in [0.4, 0.5) is 0 Å². The molecule has 3 nitrogen and oxygen atoms in total. The van der Waals surface area contributed by atoms with Crippen molar-refractivity contribution >= 4 is 23.2 Å². The smallest absolute Gasteiger partial charge is 0.192 e. The number of hydrogen-bond donors (Lipinski definition) is 2. The molecule has 4 heteroatoms. The summed E-state index contributed by atoms with van der Waals surface area (Å²) in [5.74, 6) is 0.519. The van der Waals surface area contributed by atoms with Crippen LogP contribution in [0.25, 0.3) is 0 Å². The van der Waals surface area contributed by atoms with Crippen LogP contribution in [0.1, 0.15) is 6.92 Å². The van der Waals surface area contributed by atoms with Gasteiger partial charge in [0, 0.05) is 5.70 Å². The van der Waals surface area contributed by atoms with Crippen molar-refractivity contribution in [3.05, 3.63) is 24.9 Å². The predicted molar refractivity (Wildman–Crippen MR) is 52.4 cm³/mol. The third-order valence-corrected chi connectivity index (χ3v) is 0.857. The van der Waals surface area contributed by atoms with E-state index >= 15 is 0 Å². The summed E-state index contributed by atoms with van der Waals surface area (Å²) < 4.78 is 0. The summed E-state index contributed by atoms with van der Waals surface area (Å²) in [7, 11) is 0. The Labute approximate surface area is 71.7 Å². The van der Waals surface area contributed by atoms with Gasteiger partial charge in [-0.05, 0) is 25.2 Å². The van der Waals surface area contributed by atoms with Gasteiger partial charge in [-0.2, -0.15) is 0 Å². The second-order valence-corrected chi connectivity index (χ2v) is 2.36. The van der Waals surface area contributed by atoms with Crippen molar-refractivity contribution in [2.24, 2.45) is 10.7 Å². The standard InChI is InChI=1S/C7H11N3S/c1-4-6(9-5(2)3)10-7(8)11/h4H,1-2H2,3H3,(H3,8,9,10,11). The van der Waals surface area contributed by atoms with Crippen molar-refractivity contribution in [3.63, 3.8) is 0 Å². The molecule has 0 rings (SSSR count). The van der Waals surface area contributed by atoms with Crippen LogP contribution in [0, 0.1) is 0 Å². The van der Waals surface area contributed by atoms with E-state index in [1.165, 1.54) is 6.08 Å². The van der Waals surface area contributed by atoms with Crippen LogP contribution >= 0.6 is 12.2 Å². The van der Waals surface area contributed by atoms with Gasteiger partial charge >= 0.3 is 0 Å². The molecule has 0 bridgehead atoms. The first kappa shape index (κ1) is 9.84. The first-order valence-electron chi connectivity index (χ1n) is 2.99. The monoisotopic (exact) mass is 169 g/mol. The zero-order valence-electron chi connectivity index (χ0n) is 6.42. The average Bonchev–Trinajstić information content (AvgIpc) is 1.84. The number of aliphatic imine (C=N–C) groups is 1. The summed E-state index contributed by atoms with van der Waals surface area (Å²) >= 11 is 4.56. The zero-order valence-corrected chi connectivity index (χ0v) is 7.24. The molecule has 0 saturated heterocycles. The molecule has 0 amide bonds. The van der Waals surface area contributed by atoms with Gasteiger partial charge in [-0.15, -0.1) is 0 Å². The minimum Gasteiger partial charge on any atom is -0.374 e. The molecule has 0 spiro atoms. The average molecular weight is 169 g/mol. The summed E-state index contributed by atoms with van der Waals surface area (Å²) in [4.78, 5) is 3.77. The maximum Gasteiger partial charge on any atom is 0.192 e. The molecule has 0 fully saturated rings. The summed E-state index contributed by atoms with van der Waals surface area (Å²) in [6.07, 6.45) is 1.52. The third-order valence-electron chi connectivity index (χ3n) is 0.765. The van der Waals surface area contributed by atoms with Gasteiger partial charge in [-0.1, -0.05) is 13.2 Å². The van der Waals surface area contributed by atoms with Crippen molar-refractivity contribution in [1.29, 1.82) is 0 Å². The highest BCUT2D eigenvalue weighted by Crippen LogP contribution is 1.83. The number of rotatable bonds is 2. The Kier molecular flexibility index (Phi) is 4.14. The Morgan fingerprint density at radius 3 is 2.55 bits per heavy atom. The van der Waals surface area contributed by atoms with Crippen LogP contribution in [0.3, 0.4) is 0 Å². The molecule has 0 saturated carbocycles. The number of nitrogens with one attached hydrogen (secondary N) is 1. The van der Waals surface area contributed by atoms with E-state index in [4.69, 9.17) is 5.73 Å².